The van der Waals surface area contributed by atoms with Crippen LogP contribution in [0.15, 0.2) is 18.2 Å². The molecule has 1 N–H and O–H groups in total. The molecule has 4 nitrogen and oxygen atoms in total. The number of aromatic nitrogens is 1. The van der Waals surface area contributed by atoms with Crippen LogP contribution in [0.2, 0.25) is 0 Å². The molecule has 0 unspecified atom stereocenters. The summed E-state index contributed by atoms with van der Waals surface area (Å²) in [7, 11) is 5.76. The molecule has 0 saturated carbocycles. The Bertz CT molecular complexity index is 337. The van der Waals surface area contributed by atoms with Crippen molar-refractivity contribution < 1.29 is 4.74 Å². The highest BCUT2D eigenvalue weighted by atomic mass is 16.5. The summed E-state index contributed by atoms with van der Waals surface area (Å²) in [5.41, 5.74) is 0.0881. The predicted molar refractivity (Wildman–Crippen MR) is 67.0 cm³/mol. The number of hydrogen-bond donors (Lipinski definition) is 1. The summed E-state index contributed by atoms with van der Waals surface area (Å²) >= 11 is 0. The van der Waals surface area contributed by atoms with Crippen molar-refractivity contribution in [3.63, 3.8) is 0 Å². The number of pyridine rings is 1. The summed E-state index contributed by atoms with van der Waals surface area (Å²) in [5.74, 6) is 1.47. The highest BCUT2D eigenvalue weighted by Gasteiger charge is 2.19. The SMILES string of the molecule is COc1cccc(NCC(C)(C)N(C)C)n1. The van der Waals surface area contributed by atoms with Gasteiger partial charge in [-0.05, 0) is 34.0 Å². The topological polar surface area (TPSA) is 37.4 Å². The maximum absolute atomic E-state index is 5.07. The third-order valence-electron chi connectivity index (χ3n) is 2.85. The van der Waals surface area contributed by atoms with E-state index in [0.29, 0.717) is 5.88 Å². The second-order valence-electron chi connectivity index (χ2n) is 4.63. The van der Waals surface area contributed by atoms with E-state index in [-0.39, 0.29) is 5.54 Å². The molecular formula is C12H21N3O. The van der Waals surface area contributed by atoms with Gasteiger partial charge in [0.25, 0.3) is 0 Å². The highest BCUT2D eigenvalue weighted by molar-refractivity contribution is 5.37. The summed E-state index contributed by atoms with van der Waals surface area (Å²) in [4.78, 5) is 6.48. The van der Waals surface area contributed by atoms with Crippen LogP contribution in [-0.4, -0.2) is 43.2 Å². The molecule has 0 atom stereocenters. The molecule has 0 aromatic carbocycles. The maximum Gasteiger partial charge on any atom is 0.214 e. The van der Waals surface area contributed by atoms with Crippen LogP contribution < -0.4 is 10.1 Å². The van der Waals surface area contributed by atoms with E-state index < -0.39 is 0 Å². The molecule has 4 heteroatoms. The molecule has 0 radical (unpaired) electrons. The van der Waals surface area contributed by atoms with E-state index in [4.69, 9.17) is 4.74 Å². The number of ether oxygens (including phenoxy) is 1. The van der Waals surface area contributed by atoms with E-state index in [9.17, 15) is 0 Å². The lowest BCUT2D eigenvalue weighted by Crippen LogP contribution is -2.44. The highest BCUT2D eigenvalue weighted by Crippen LogP contribution is 2.14. The van der Waals surface area contributed by atoms with Gasteiger partial charge in [-0.25, -0.2) is 0 Å². The standard InChI is InChI=1S/C12H21N3O/c1-12(2,15(3)4)9-13-10-7-6-8-11(14-10)16-5/h6-8H,9H2,1-5H3,(H,13,14). The van der Waals surface area contributed by atoms with Gasteiger partial charge in [0.2, 0.25) is 5.88 Å². The second kappa shape index (κ2) is 5.16. The van der Waals surface area contributed by atoms with E-state index in [1.165, 1.54) is 0 Å². The monoisotopic (exact) mass is 223 g/mol. The molecular weight excluding hydrogens is 202 g/mol. The van der Waals surface area contributed by atoms with Crippen molar-refractivity contribution in [3.8, 4) is 5.88 Å². The molecule has 0 bridgehead atoms. The molecule has 1 aromatic rings. The Kier molecular flexibility index (Phi) is 4.12. The largest absolute Gasteiger partial charge is 0.481 e. The van der Waals surface area contributed by atoms with Crippen molar-refractivity contribution in [3.05, 3.63) is 18.2 Å². The van der Waals surface area contributed by atoms with Gasteiger partial charge in [0.05, 0.1) is 7.11 Å². The molecule has 1 aromatic heterocycles. The normalized spacial score (nSPS) is 11.6. The minimum Gasteiger partial charge on any atom is -0.481 e. The Morgan fingerprint density at radius 3 is 2.62 bits per heavy atom. The minimum absolute atomic E-state index is 0.0881. The van der Waals surface area contributed by atoms with E-state index in [0.717, 1.165) is 12.4 Å². The zero-order chi connectivity index (χ0) is 12.2. The van der Waals surface area contributed by atoms with E-state index in [2.05, 4.69) is 43.1 Å². The number of rotatable bonds is 5. The fourth-order valence-electron chi connectivity index (χ4n) is 1.09. The number of likely N-dealkylation sites (N-methyl/N-ethyl adjacent to an activating group) is 1. The molecule has 1 heterocycles. The first kappa shape index (κ1) is 12.8. The van der Waals surface area contributed by atoms with Gasteiger partial charge in [0.15, 0.2) is 0 Å². The van der Waals surface area contributed by atoms with Crippen LogP contribution in [0, 0.1) is 0 Å². The molecule has 90 valence electrons. The van der Waals surface area contributed by atoms with Gasteiger partial charge >= 0.3 is 0 Å². The van der Waals surface area contributed by atoms with Crippen molar-refractivity contribution in [2.45, 2.75) is 19.4 Å². The van der Waals surface area contributed by atoms with Crippen molar-refractivity contribution in [1.29, 1.82) is 0 Å². The van der Waals surface area contributed by atoms with Crippen molar-refractivity contribution in [1.82, 2.24) is 9.88 Å². The first-order valence-electron chi connectivity index (χ1n) is 5.38. The molecule has 0 aliphatic rings. The first-order valence-corrected chi connectivity index (χ1v) is 5.38. The second-order valence-corrected chi connectivity index (χ2v) is 4.63. The average Bonchev–Trinajstić information content (AvgIpc) is 2.26. The molecule has 0 fully saturated rings. The van der Waals surface area contributed by atoms with Crippen molar-refractivity contribution in [2.75, 3.05) is 33.1 Å². The molecule has 0 saturated heterocycles. The summed E-state index contributed by atoms with van der Waals surface area (Å²) in [6.45, 7) is 5.19. The fourth-order valence-corrected chi connectivity index (χ4v) is 1.09. The number of nitrogens with one attached hydrogen (secondary N) is 1. The Balaban J connectivity index is 2.60. The van der Waals surface area contributed by atoms with Crippen LogP contribution in [0.5, 0.6) is 5.88 Å². The lowest BCUT2D eigenvalue weighted by molar-refractivity contribution is 0.210. The Morgan fingerprint density at radius 1 is 1.38 bits per heavy atom. The molecule has 16 heavy (non-hydrogen) atoms. The lowest BCUT2D eigenvalue weighted by Gasteiger charge is -2.32. The Hall–Kier alpha value is -1.29. The van der Waals surface area contributed by atoms with Crippen LogP contribution in [0.3, 0.4) is 0 Å². The molecule has 0 aliphatic carbocycles. The van der Waals surface area contributed by atoms with E-state index >= 15 is 0 Å². The van der Waals surface area contributed by atoms with Crippen LogP contribution in [-0.2, 0) is 0 Å². The van der Waals surface area contributed by atoms with Crippen LogP contribution in [0.1, 0.15) is 13.8 Å². The predicted octanol–water partition coefficient (Wildman–Crippen LogP) is 1.84. The minimum atomic E-state index is 0.0881. The number of methoxy groups -OCH3 is 1. The van der Waals surface area contributed by atoms with Gasteiger partial charge in [-0.2, -0.15) is 4.98 Å². The molecule has 1 rings (SSSR count). The number of anilines is 1. The van der Waals surface area contributed by atoms with Crippen LogP contribution >= 0.6 is 0 Å². The Morgan fingerprint density at radius 2 is 2.06 bits per heavy atom. The van der Waals surface area contributed by atoms with Crippen LogP contribution in [0.4, 0.5) is 5.82 Å². The molecule has 0 amide bonds. The summed E-state index contributed by atoms with van der Waals surface area (Å²) < 4.78 is 5.07. The Labute approximate surface area is 97.6 Å². The van der Waals surface area contributed by atoms with Gasteiger partial charge in [0.1, 0.15) is 5.82 Å². The fraction of sp³-hybridized carbons (Fsp3) is 0.583. The molecule has 0 spiro atoms. The van der Waals surface area contributed by atoms with Crippen LogP contribution in [0.25, 0.3) is 0 Å². The van der Waals surface area contributed by atoms with E-state index in [1.807, 2.05) is 18.2 Å². The quantitative estimate of drug-likeness (QED) is 0.826. The third-order valence-corrected chi connectivity index (χ3v) is 2.85. The molecule has 0 aliphatic heterocycles. The zero-order valence-electron chi connectivity index (χ0n) is 10.7. The lowest BCUT2D eigenvalue weighted by atomic mass is 10.0. The third kappa shape index (κ3) is 3.38. The smallest absolute Gasteiger partial charge is 0.214 e. The summed E-state index contributed by atoms with van der Waals surface area (Å²) in [6.07, 6.45) is 0. The van der Waals surface area contributed by atoms with Gasteiger partial charge in [-0.1, -0.05) is 6.07 Å². The maximum atomic E-state index is 5.07. The summed E-state index contributed by atoms with van der Waals surface area (Å²) in [6, 6.07) is 5.70. The van der Waals surface area contributed by atoms with Crippen molar-refractivity contribution in [2.24, 2.45) is 0 Å². The van der Waals surface area contributed by atoms with Gasteiger partial charge in [-0.3, -0.25) is 0 Å². The van der Waals surface area contributed by atoms with Gasteiger partial charge < -0.3 is 15.0 Å². The van der Waals surface area contributed by atoms with Crippen molar-refractivity contribution >= 4 is 5.82 Å². The first-order chi connectivity index (χ1) is 7.45. The number of hydrogen-bond acceptors (Lipinski definition) is 4. The van der Waals surface area contributed by atoms with Gasteiger partial charge in [0, 0.05) is 18.2 Å². The van der Waals surface area contributed by atoms with Gasteiger partial charge in [-0.15, -0.1) is 0 Å². The average molecular weight is 223 g/mol. The zero-order valence-corrected chi connectivity index (χ0v) is 10.7. The summed E-state index contributed by atoms with van der Waals surface area (Å²) in [5, 5.41) is 3.31. The number of nitrogens with zero attached hydrogens (tertiary/aromatic N) is 2. The van der Waals surface area contributed by atoms with E-state index in [1.54, 1.807) is 7.11 Å².